The van der Waals surface area contributed by atoms with Gasteiger partial charge in [0.15, 0.2) is 0 Å². The van der Waals surface area contributed by atoms with E-state index in [1.165, 1.54) is 4.88 Å². The van der Waals surface area contributed by atoms with Crippen molar-refractivity contribution in [1.29, 1.82) is 0 Å². The van der Waals surface area contributed by atoms with Gasteiger partial charge >= 0.3 is 0 Å². The molecule has 0 aliphatic rings. The Labute approximate surface area is 131 Å². The Morgan fingerprint density at radius 3 is 2.24 bits per heavy atom. The van der Waals surface area contributed by atoms with Crippen LogP contribution in [0.15, 0.2) is 28.5 Å². The zero-order valence-electron chi connectivity index (χ0n) is 12.9. The number of benzene rings is 1. The Hall–Kier alpha value is -1.17. The Morgan fingerprint density at radius 1 is 1.10 bits per heavy atom. The minimum absolute atomic E-state index is 0.425. The van der Waals surface area contributed by atoms with Crippen LogP contribution in [0.2, 0.25) is 0 Å². The van der Waals surface area contributed by atoms with E-state index in [1.807, 2.05) is 51.3 Å². The molecule has 0 saturated heterocycles. The van der Waals surface area contributed by atoms with Gasteiger partial charge in [0, 0.05) is 11.4 Å². The lowest BCUT2D eigenvalue weighted by Gasteiger charge is -2.16. The average molecular weight is 323 g/mol. The normalized spacial score (nSPS) is 11.8. The Balaban J connectivity index is 2.23. The first kappa shape index (κ1) is 16.2. The molecule has 0 aliphatic carbocycles. The molecule has 0 atom stereocenters. The fourth-order valence-electron chi connectivity index (χ4n) is 2.42. The summed E-state index contributed by atoms with van der Waals surface area (Å²) in [5.41, 5.74) is 3.69. The molecular formula is C16H21NO2S2. The summed E-state index contributed by atoms with van der Waals surface area (Å²) in [5, 5.41) is 2.00. The fraction of sp³-hybridized carbons (Fsp3) is 0.375. The third-order valence-corrected chi connectivity index (χ3v) is 6.48. The summed E-state index contributed by atoms with van der Waals surface area (Å²) in [6.07, 6.45) is 0.722. The quantitative estimate of drug-likeness (QED) is 0.915. The molecule has 0 aliphatic heterocycles. The third-order valence-electron chi connectivity index (χ3n) is 3.81. The van der Waals surface area contributed by atoms with Crippen LogP contribution in [0.3, 0.4) is 0 Å². The van der Waals surface area contributed by atoms with Gasteiger partial charge in [0.05, 0.1) is 4.90 Å². The van der Waals surface area contributed by atoms with Crippen molar-refractivity contribution < 1.29 is 8.42 Å². The summed E-state index contributed by atoms with van der Waals surface area (Å²) in [4.78, 5) is 1.62. The molecule has 1 heterocycles. The minimum Gasteiger partial charge on any atom is -0.211 e. The summed E-state index contributed by atoms with van der Waals surface area (Å²) < 4.78 is 27.9. The lowest BCUT2D eigenvalue weighted by Crippen LogP contribution is -2.27. The second-order valence-electron chi connectivity index (χ2n) is 5.32. The van der Waals surface area contributed by atoms with Crippen molar-refractivity contribution in [2.24, 2.45) is 0 Å². The lowest BCUT2D eigenvalue weighted by molar-refractivity contribution is 0.580. The maximum Gasteiger partial charge on any atom is 0.241 e. The van der Waals surface area contributed by atoms with Crippen LogP contribution in [-0.2, 0) is 16.4 Å². The van der Waals surface area contributed by atoms with Gasteiger partial charge in [-0.15, -0.1) is 11.3 Å². The van der Waals surface area contributed by atoms with Crippen LogP contribution in [-0.4, -0.2) is 15.0 Å². The van der Waals surface area contributed by atoms with Crippen molar-refractivity contribution in [3.05, 3.63) is 50.7 Å². The molecule has 0 fully saturated rings. The lowest BCUT2D eigenvalue weighted by atomic mass is 10.0. The van der Waals surface area contributed by atoms with Gasteiger partial charge in [0.1, 0.15) is 0 Å². The summed E-state index contributed by atoms with van der Waals surface area (Å²) in [5.74, 6) is 0. The van der Waals surface area contributed by atoms with Crippen LogP contribution in [0.4, 0.5) is 0 Å². The molecule has 0 radical (unpaired) electrons. The van der Waals surface area contributed by atoms with Crippen LogP contribution < -0.4 is 4.72 Å². The van der Waals surface area contributed by atoms with Crippen molar-refractivity contribution in [3.63, 3.8) is 0 Å². The smallest absolute Gasteiger partial charge is 0.211 e. The van der Waals surface area contributed by atoms with E-state index in [2.05, 4.69) is 4.72 Å². The molecule has 114 valence electrons. The van der Waals surface area contributed by atoms with E-state index in [4.69, 9.17) is 0 Å². The van der Waals surface area contributed by atoms with Crippen LogP contribution in [0, 0.1) is 27.7 Å². The monoisotopic (exact) mass is 323 g/mol. The zero-order valence-corrected chi connectivity index (χ0v) is 14.5. The van der Waals surface area contributed by atoms with E-state index < -0.39 is 10.0 Å². The van der Waals surface area contributed by atoms with Gasteiger partial charge in [0.25, 0.3) is 0 Å². The number of thiophene rings is 1. The highest BCUT2D eigenvalue weighted by Crippen LogP contribution is 2.25. The first-order chi connectivity index (χ1) is 9.83. The summed E-state index contributed by atoms with van der Waals surface area (Å²) in [6.45, 7) is 8.07. The topological polar surface area (TPSA) is 46.2 Å². The molecule has 2 rings (SSSR count). The highest BCUT2D eigenvalue weighted by Gasteiger charge is 2.21. The maximum atomic E-state index is 12.6. The van der Waals surface area contributed by atoms with Crippen molar-refractivity contribution >= 4 is 21.4 Å². The van der Waals surface area contributed by atoms with Gasteiger partial charge in [0.2, 0.25) is 10.0 Å². The molecule has 0 amide bonds. The zero-order chi connectivity index (χ0) is 15.6. The summed E-state index contributed by atoms with van der Waals surface area (Å²) >= 11 is 1.65. The minimum atomic E-state index is -3.47. The number of hydrogen-bond acceptors (Lipinski definition) is 3. The molecule has 0 unspecified atom stereocenters. The van der Waals surface area contributed by atoms with Crippen LogP contribution in [0.1, 0.15) is 27.1 Å². The first-order valence-electron chi connectivity index (χ1n) is 6.92. The second kappa shape index (κ2) is 6.30. The van der Waals surface area contributed by atoms with Gasteiger partial charge in [-0.2, -0.15) is 0 Å². The number of sulfonamides is 1. The van der Waals surface area contributed by atoms with Crippen LogP contribution in [0.25, 0.3) is 0 Å². The summed E-state index contributed by atoms with van der Waals surface area (Å²) in [7, 11) is -3.47. The van der Waals surface area contributed by atoms with E-state index in [0.29, 0.717) is 11.4 Å². The number of hydrogen-bond donors (Lipinski definition) is 1. The van der Waals surface area contributed by atoms with Crippen molar-refractivity contribution in [1.82, 2.24) is 4.72 Å². The third kappa shape index (κ3) is 3.54. The maximum absolute atomic E-state index is 12.6. The Morgan fingerprint density at radius 2 is 1.71 bits per heavy atom. The molecule has 1 aromatic heterocycles. The van der Waals surface area contributed by atoms with E-state index in [9.17, 15) is 8.42 Å². The van der Waals surface area contributed by atoms with Crippen molar-refractivity contribution in [2.45, 2.75) is 39.0 Å². The number of rotatable bonds is 5. The van der Waals surface area contributed by atoms with Crippen LogP contribution >= 0.6 is 11.3 Å². The van der Waals surface area contributed by atoms with Gasteiger partial charge in [-0.05, 0) is 67.8 Å². The standard InChI is InChI=1S/C16H21NO2S2/c1-11-10-12(2)14(4)16(13(11)3)21(18,19)17-8-7-15-6-5-9-20-15/h5-6,9-10,17H,7-8H2,1-4H3. The largest absolute Gasteiger partial charge is 0.241 e. The van der Waals surface area contributed by atoms with Gasteiger partial charge in [-0.1, -0.05) is 12.1 Å². The molecular weight excluding hydrogens is 302 g/mol. The SMILES string of the molecule is Cc1cc(C)c(C)c(S(=O)(=O)NCCc2cccs2)c1C. The highest BCUT2D eigenvalue weighted by atomic mass is 32.2. The van der Waals surface area contributed by atoms with Gasteiger partial charge < -0.3 is 0 Å². The Kier molecular flexibility index (Phi) is 4.86. The second-order valence-corrected chi connectivity index (χ2v) is 8.05. The van der Waals surface area contributed by atoms with Crippen molar-refractivity contribution in [3.8, 4) is 0 Å². The molecule has 1 N–H and O–H groups in total. The van der Waals surface area contributed by atoms with Gasteiger partial charge in [-0.25, -0.2) is 13.1 Å². The molecule has 5 heteroatoms. The predicted molar refractivity (Wildman–Crippen MR) is 88.6 cm³/mol. The van der Waals surface area contributed by atoms with Crippen molar-refractivity contribution in [2.75, 3.05) is 6.54 Å². The fourth-order valence-corrected chi connectivity index (χ4v) is 4.77. The predicted octanol–water partition coefficient (Wildman–Crippen LogP) is 3.50. The molecule has 2 aromatic rings. The van der Waals surface area contributed by atoms with Gasteiger partial charge in [-0.3, -0.25) is 0 Å². The number of aryl methyl sites for hydroxylation is 2. The molecule has 3 nitrogen and oxygen atoms in total. The highest BCUT2D eigenvalue weighted by molar-refractivity contribution is 7.89. The number of nitrogens with one attached hydrogen (secondary N) is 1. The van der Waals surface area contributed by atoms with E-state index in [0.717, 1.165) is 28.7 Å². The molecule has 1 aromatic carbocycles. The molecule has 21 heavy (non-hydrogen) atoms. The summed E-state index contributed by atoms with van der Waals surface area (Å²) in [6, 6.07) is 6.04. The Bertz CT molecular complexity index is 706. The van der Waals surface area contributed by atoms with E-state index in [1.54, 1.807) is 11.3 Å². The molecule has 0 bridgehead atoms. The molecule has 0 saturated carbocycles. The van der Waals surface area contributed by atoms with Crippen LogP contribution in [0.5, 0.6) is 0 Å². The van der Waals surface area contributed by atoms with E-state index >= 15 is 0 Å². The molecule has 0 spiro atoms. The average Bonchev–Trinajstić information content (AvgIpc) is 2.89. The van der Waals surface area contributed by atoms with E-state index in [-0.39, 0.29) is 0 Å². The first-order valence-corrected chi connectivity index (χ1v) is 9.28.